The van der Waals surface area contributed by atoms with E-state index in [-0.39, 0.29) is 29.9 Å². The molecule has 1 aromatic heterocycles. The smallest absolute Gasteiger partial charge is 0.279 e. The van der Waals surface area contributed by atoms with E-state index < -0.39 is 46.0 Å². The number of nitrogens with one attached hydrogen (secondary N) is 1. The molecule has 9 nitrogen and oxygen atoms in total. The number of amidine groups is 1. The number of benzene rings is 1. The second-order valence-electron chi connectivity index (χ2n) is 7.86. The number of aliphatic hydroxyl groups is 1. The van der Waals surface area contributed by atoms with Gasteiger partial charge in [-0.15, -0.1) is 11.3 Å². The molecule has 14 heteroatoms. The van der Waals surface area contributed by atoms with Crippen molar-refractivity contribution in [3.63, 3.8) is 0 Å². The van der Waals surface area contributed by atoms with Gasteiger partial charge in [0.2, 0.25) is 0 Å². The largest absolute Gasteiger partial charge is 0.364 e. The quantitative estimate of drug-likeness (QED) is 0.428. The third kappa shape index (κ3) is 4.36. The lowest BCUT2D eigenvalue weighted by atomic mass is 9.93. The van der Waals surface area contributed by atoms with Crippen LogP contribution in [0.25, 0.3) is 0 Å². The third-order valence-electron chi connectivity index (χ3n) is 5.57. The van der Waals surface area contributed by atoms with Crippen LogP contribution in [0.3, 0.4) is 0 Å². The Hall–Kier alpha value is -2.36. The van der Waals surface area contributed by atoms with Crippen molar-refractivity contribution in [1.29, 1.82) is 0 Å². The van der Waals surface area contributed by atoms with Crippen LogP contribution in [-0.4, -0.2) is 73.6 Å². The summed E-state index contributed by atoms with van der Waals surface area (Å²) in [4.78, 5) is 10.5. The molecule has 1 fully saturated rings. The summed E-state index contributed by atoms with van der Waals surface area (Å²) in [6, 6.07) is -0.0520. The zero-order valence-corrected chi connectivity index (χ0v) is 20.0. The number of thiazole rings is 1. The van der Waals surface area contributed by atoms with Gasteiger partial charge in [-0.05, 0) is 6.07 Å². The van der Waals surface area contributed by atoms with E-state index >= 15 is 0 Å². The maximum absolute atomic E-state index is 14.8. The lowest BCUT2D eigenvalue weighted by Crippen LogP contribution is -2.44. The Morgan fingerprint density at radius 2 is 2.03 bits per heavy atom. The van der Waals surface area contributed by atoms with Gasteiger partial charge in [0, 0.05) is 68.6 Å². The van der Waals surface area contributed by atoms with Crippen molar-refractivity contribution in [3.8, 4) is 0 Å². The van der Waals surface area contributed by atoms with Crippen molar-refractivity contribution < 1.29 is 31.4 Å². The number of fused-ring (bicyclic) bond motifs is 1. The first-order chi connectivity index (χ1) is 16.0. The Bertz CT molecular complexity index is 1250. The summed E-state index contributed by atoms with van der Waals surface area (Å²) < 4.78 is 76.1. The average Bonchev–Trinajstić information content (AvgIpc) is 3.46. The van der Waals surface area contributed by atoms with Crippen LogP contribution in [0, 0.1) is 17.5 Å². The number of aliphatic hydroxyl groups excluding tert-OH is 1. The Labute approximate surface area is 198 Å². The van der Waals surface area contributed by atoms with Gasteiger partial charge in [-0.2, -0.15) is 17.4 Å². The number of hydrogen-bond acceptors (Lipinski definition) is 8. The molecule has 0 bridgehead atoms. The van der Waals surface area contributed by atoms with E-state index in [1.54, 1.807) is 16.5 Å². The van der Waals surface area contributed by atoms with Gasteiger partial charge in [-0.3, -0.25) is 4.99 Å². The molecule has 2 aliphatic heterocycles. The highest BCUT2D eigenvalue weighted by Crippen LogP contribution is 2.42. The normalized spacial score (nSPS) is 21.8. The van der Waals surface area contributed by atoms with Crippen molar-refractivity contribution in [2.24, 2.45) is 4.99 Å². The van der Waals surface area contributed by atoms with Gasteiger partial charge in [0.25, 0.3) is 10.2 Å². The van der Waals surface area contributed by atoms with E-state index in [0.29, 0.717) is 10.7 Å². The van der Waals surface area contributed by atoms with E-state index in [4.69, 9.17) is 4.74 Å². The van der Waals surface area contributed by atoms with Crippen LogP contribution in [-0.2, 0) is 14.9 Å². The summed E-state index contributed by atoms with van der Waals surface area (Å²) in [5.41, 5.74) is 0.220. The zero-order chi connectivity index (χ0) is 24.8. The average molecular weight is 518 g/mol. The summed E-state index contributed by atoms with van der Waals surface area (Å²) in [6.45, 7) is 0.147. The Morgan fingerprint density at radius 3 is 2.65 bits per heavy atom. The standard InChI is InChI=1S/C20H22F3N5O4S2/c1-27(2)34(30,31)26-10-8-13-14(20(29)32-3)17(11-4-5-12(21)16(23)15(11)22)25-18(28(13)9-10)19-24-6-7-33-19/h4-7,10,17,20,26,29H,8-9H2,1-3H3/t10-,17-,20?/m0/s1. The van der Waals surface area contributed by atoms with E-state index in [0.717, 1.165) is 16.4 Å². The molecule has 0 radical (unpaired) electrons. The molecule has 1 unspecified atom stereocenters. The van der Waals surface area contributed by atoms with Crippen molar-refractivity contribution in [2.45, 2.75) is 24.8 Å². The SMILES string of the molecule is COC(O)C1=C2C[C@H](NS(=O)(=O)N(C)C)CN2C(c2nccs2)=N[C@H]1c1ccc(F)c(F)c1F. The first kappa shape index (κ1) is 24.8. The second kappa shape index (κ2) is 9.36. The van der Waals surface area contributed by atoms with Crippen LogP contribution in [0.5, 0.6) is 0 Å². The summed E-state index contributed by atoms with van der Waals surface area (Å²) in [6.07, 6.45) is 0.0800. The molecule has 0 amide bonds. The van der Waals surface area contributed by atoms with Gasteiger partial charge in [0.05, 0.1) is 0 Å². The molecule has 3 heterocycles. The molecule has 0 saturated carbocycles. The highest BCUT2D eigenvalue weighted by molar-refractivity contribution is 7.87. The predicted molar refractivity (Wildman–Crippen MR) is 119 cm³/mol. The minimum atomic E-state index is -3.79. The molecule has 34 heavy (non-hydrogen) atoms. The Balaban J connectivity index is 1.88. The van der Waals surface area contributed by atoms with Crippen LogP contribution in [0.15, 0.2) is 40.0 Å². The van der Waals surface area contributed by atoms with Gasteiger partial charge in [-0.25, -0.2) is 18.2 Å². The highest BCUT2D eigenvalue weighted by atomic mass is 32.2. The van der Waals surface area contributed by atoms with E-state index in [9.17, 15) is 26.7 Å². The van der Waals surface area contributed by atoms with Gasteiger partial charge < -0.3 is 14.7 Å². The van der Waals surface area contributed by atoms with Crippen LogP contribution in [0.2, 0.25) is 0 Å². The number of hydrogen-bond donors (Lipinski definition) is 2. The molecule has 3 atom stereocenters. The molecule has 0 spiro atoms. The van der Waals surface area contributed by atoms with Crippen LogP contribution in [0.4, 0.5) is 13.2 Å². The molecular weight excluding hydrogens is 495 g/mol. The molecule has 2 aromatic rings. The molecular formula is C20H22F3N5O4S2. The highest BCUT2D eigenvalue weighted by Gasteiger charge is 2.43. The maximum Gasteiger partial charge on any atom is 0.279 e. The fourth-order valence-electron chi connectivity index (χ4n) is 3.94. The molecule has 2 N–H and O–H groups in total. The molecule has 4 rings (SSSR count). The fourth-order valence-corrected chi connectivity index (χ4v) is 5.37. The lowest BCUT2D eigenvalue weighted by molar-refractivity contribution is -0.0501. The molecule has 0 aliphatic carbocycles. The number of methoxy groups -OCH3 is 1. The Morgan fingerprint density at radius 1 is 1.29 bits per heavy atom. The Kier molecular flexibility index (Phi) is 6.81. The minimum Gasteiger partial charge on any atom is -0.364 e. The number of rotatable bonds is 7. The zero-order valence-electron chi connectivity index (χ0n) is 18.4. The molecule has 1 aromatic carbocycles. The van der Waals surface area contributed by atoms with E-state index in [1.807, 2.05) is 0 Å². The van der Waals surface area contributed by atoms with Crippen molar-refractivity contribution in [2.75, 3.05) is 27.7 Å². The topological polar surface area (TPSA) is 107 Å². The van der Waals surface area contributed by atoms with Crippen molar-refractivity contribution >= 4 is 27.4 Å². The molecule has 1 saturated heterocycles. The van der Waals surface area contributed by atoms with Gasteiger partial charge >= 0.3 is 0 Å². The van der Waals surface area contributed by atoms with Crippen LogP contribution < -0.4 is 4.72 Å². The molecule has 2 aliphatic rings. The number of aromatic nitrogens is 1. The summed E-state index contributed by atoms with van der Waals surface area (Å²) in [5.74, 6) is -4.17. The summed E-state index contributed by atoms with van der Waals surface area (Å²) in [5, 5.41) is 12.8. The lowest BCUT2D eigenvalue weighted by Gasteiger charge is -2.34. The first-order valence-electron chi connectivity index (χ1n) is 10.1. The predicted octanol–water partition coefficient (Wildman–Crippen LogP) is 1.75. The van der Waals surface area contributed by atoms with Gasteiger partial charge in [-0.1, -0.05) is 6.07 Å². The van der Waals surface area contributed by atoms with Crippen LogP contribution in [0.1, 0.15) is 23.0 Å². The number of halogens is 3. The second-order valence-corrected chi connectivity index (χ2v) is 10.7. The maximum atomic E-state index is 14.8. The van der Waals surface area contributed by atoms with Crippen molar-refractivity contribution in [1.82, 2.24) is 18.9 Å². The first-order valence-corrected chi connectivity index (χ1v) is 12.4. The third-order valence-corrected chi connectivity index (χ3v) is 7.93. The number of aliphatic imine (C=N–C) groups is 1. The van der Waals surface area contributed by atoms with Gasteiger partial charge in [0.15, 0.2) is 34.6 Å². The van der Waals surface area contributed by atoms with E-state index in [1.165, 1.54) is 32.5 Å². The molecule has 184 valence electrons. The monoisotopic (exact) mass is 517 g/mol. The minimum absolute atomic E-state index is 0.0965. The fraction of sp³-hybridized carbons (Fsp3) is 0.400. The number of ether oxygens (including phenoxy) is 1. The summed E-state index contributed by atoms with van der Waals surface area (Å²) in [7, 11) is 0.206. The van der Waals surface area contributed by atoms with Crippen molar-refractivity contribution in [3.05, 3.63) is 63.0 Å². The van der Waals surface area contributed by atoms with Crippen LogP contribution >= 0.6 is 11.3 Å². The van der Waals surface area contributed by atoms with Gasteiger partial charge in [0.1, 0.15) is 6.04 Å². The number of nitrogens with zero attached hydrogens (tertiary/aromatic N) is 4. The van der Waals surface area contributed by atoms with E-state index in [2.05, 4.69) is 14.7 Å². The summed E-state index contributed by atoms with van der Waals surface area (Å²) >= 11 is 1.25.